The Morgan fingerprint density at radius 2 is 1.81 bits per heavy atom. The van der Waals surface area contributed by atoms with Gasteiger partial charge in [0.05, 0.1) is 5.56 Å². The molecule has 0 aliphatic heterocycles. The first-order chi connectivity index (χ1) is 12.9. The number of nitrogens with one attached hydrogen (secondary N) is 1. The second-order valence-corrected chi connectivity index (χ2v) is 6.82. The fourth-order valence-electron chi connectivity index (χ4n) is 2.34. The van der Waals surface area contributed by atoms with Gasteiger partial charge in [-0.25, -0.2) is 4.79 Å². The van der Waals surface area contributed by atoms with Crippen LogP contribution < -0.4 is 5.32 Å². The van der Waals surface area contributed by atoms with Crippen LogP contribution in [0.1, 0.15) is 22.8 Å². The van der Waals surface area contributed by atoms with E-state index in [4.69, 9.17) is 4.74 Å². The lowest BCUT2D eigenvalue weighted by atomic mass is 10.2. The van der Waals surface area contributed by atoms with E-state index in [0.29, 0.717) is 12.2 Å². The second kappa shape index (κ2) is 9.78. The Kier molecular flexibility index (Phi) is 7.43. The molecule has 27 heavy (non-hydrogen) atoms. The first-order valence-corrected chi connectivity index (χ1v) is 9.53. The molecule has 0 spiro atoms. The number of carbonyl (C=O) groups is 3. The largest absolute Gasteiger partial charge is 0.452 e. The number of hydrogen-bond donors (Lipinski definition) is 1. The summed E-state index contributed by atoms with van der Waals surface area (Å²) in [6.45, 7) is 1.47. The predicted molar refractivity (Wildman–Crippen MR) is 106 cm³/mol. The van der Waals surface area contributed by atoms with E-state index in [-0.39, 0.29) is 24.0 Å². The van der Waals surface area contributed by atoms with Crippen molar-refractivity contribution in [2.45, 2.75) is 18.4 Å². The molecule has 1 N–H and O–H groups in total. The number of thioether (sulfide) groups is 1. The van der Waals surface area contributed by atoms with Crippen LogP contribution in [0.25, 0.3) is 0 Å². The second-order valence-electron chi connectivity index (χ2n) is 5.94. The Bertz CT molecular complexity index is 821. The van der Waals surface area contributed by atoms with Crippen LogP contribution >= 0.6 is 11.8 Å². The Balaban J connectivity index is 1.88. The van der Waals surface area contributed by atoms with Gasteiger partial charge in [0.2, 0.25) is 5.91 Å². The van der Waals surface area contributed by atoms with Gasteiger partial charge >= 0.3 is 5.97 Å². The number of benzene rings is 2. The van der Waals surface area contributed by atoms with Crippen LogP contribution in [0.2, 0.25) is 0 Å². The van der Waals surface area contributed by atoms with Crippen molar-refractivity contribution in [3.8, 4) is 0 Å². The molecule has 0 fully saturated rings. The van der Waals surface area contributed by atoms with Gasteiger partial charge in [-0.1, -0.05) is 18.2 Å². The van der Waals surface area contributed by atoms with Crippen LogP contribution in [0.15, 0.2) is 53.4 Å². The molecule has 142 valence electrons. The average molecular weight is 386 g/mol. The average Bonchev–Trinajstić information content (AvgIpc) is 2.66. The quantitative estimate of drug-likeness (QED) is 0.584. The zero-order chi connectivity index (χ0) is 19.8. The van der Waals surface area contributed by atoms with Crippen LogP contribution in [-0.4, -0.2) is 42.6 Å². The third kappa shape index (κ3) is 6.45. The number of amides is 2. The zero-order valence-electron chi connectivity index (χ0n) is 15.5. The zero-order valence-corrected chi connectivity index (χ0v) is 16.3. The van der Waals surface area contributed by atoms with Gasteiger partial charge in [0.25, 0.3) is 5.91 Å². The SMILES string of the molecule is CSc1ccc(CN(C)C(=O)COC(=O)c2cccc(NC(C)=O)c2)cc1. The number of ether oxygens (including phenoxy) is 1. The van der Waals surface area contributed by atoms with Crippen LogP contribution in [-0.2, 0) is 20.9 Å². The predicted octanol–water partition coefficient (Wildman–Crippen LogP) is 3.18. The van der Waals surface area contributed by atoms with Crippen molar-refractivity contribution in [1.82, 2.24) is 4.90 Å². The molecule has 0 bridgehead atoms. The summed E-state index contributed by atoms with van der Waals surface area (Å²) in [7, 11) is 1.66. The van der Waals surface area contributed by atoms with E-state index in [1.165, 1.54) is 17.9 Å². The number of likely N-dealkylation sites (N-methyl/N-ethyl adjacent to an activating group) is 1. The molecule has 0 unspecified atom stereocenters. The molecule has 7 heteroatoms. The molecular formula is C20H22N2O4S. The van der Waals surface area contributed by atoms with Crippen molar-refractivity contribution in [3.05, 3.63) is 59.7 Å². The minimum Gasteiger partial charge on any atom is -0.452 e. The first-order valence-electron chi connectivity index (χ1n) is 8.30. The maximum Gasteiger partial charge on any atom is 0.338 e. The highest BCUT2D eigenvalue weighted by atomic mass is 32.2. The van der Waals surface area contributed by atoms with Crippen molar-refractivity contribution in [2.75, 3.05) is 25.2 Å². The standard InChI is InChI=1S/C20H22N2O4S/c1-14(23)21-17-6-4-5-16(11-17)20(25)26-13-19(24)22(2)12-15-7-9-18(27-3)10-8-15/h4-11H,12-13H2,1-3H3,(H,21,23). The molecule has 2 aromatic carbocycles. The monoisotopic (exact) mass is 386 g/mol. The van der Waals surface area contributed by atoms with E-state index in [1.54, 1.807) is 37.0 Å². The fraction of sp³-hybridized carbons (Fsp3) is 0.250. The molecule has 2 rings (SSSR count). The third-order valence-corrected chi connectivity index (χ3v) is 4.49. The van der Waals surface area contributed by atoms with E-state index in [0.717, 1.165) is 10.5 Å². The van der Waals surface area contributed by atoms with Gasteiger partial charge in [-0.3, -0.25) is 9.59 Å². The summed E-state index contributed by atoms with van der Waals surface area (Å²) in [6.07, 6.45) is 2.00. The maximum absolute atomic E-state index is 12.2. The molecular weight excluding hydrogens is 364 g/mol. The van der Waals surface area contributed by atoms with Gasteiger partial charge in [-0.2, -0.15) is 0 Å². The summed E-state index contributed by atoms with van der Waals surface area (Å²) in [5, 5.41) is 2.60. The third-order valence-electron chi connectivity index (χ3n) is 3.75. The number of esters is 1. The lowest BCUT2D eigenvalue weighted by Gasteiger charge is -2.17. The Labute approximate surface area is 162 Å². The lowest BCUT2D eigenvalue weighted by molar-refractivity contribution is -0.133. The molecule has 0 radical (unpaired) electrons. The van der Waals surface area contributed by atoms with E-state index in [1.807, 2.05) is 30.5 Å². The molecule has 0 aromatic heterocycles. The number of anilines is 1. The summed E-state index contributed by atoms with van der Waals surface area (Å²) in [6, 6.07) is 14.3. The molecule has 0 saturated heterocycles. The minimum absolute atomic E-state index is 0.233. The van der Waals surface area contributed by atoms with Gasteiger partial charge in [0.1, 0.15) is 0 Å². The normalized spacial score (nSPS) is 10.2. The molecule has 0 atom stereocenters. The molecule has 0 aliphatic carbocycles. The fourth-order valence-corrected chi connectivity index (χ4v) is 2.75. The first kappa shape index (κ1) is 20.5. The van der Waals surface area contributed by atoms with Crippen LogP contribution in [0.5, 0.6) is 0 Å². The summed E-state index contributed by atoms with van der Waals surface area (Å²) in [5.74, 6) is -1.15. The highest BCUT2D eigenvalue weighted by Gasteiger charge is 2.14. The van der Waals surface area contributed by atoms with Gasteiger partial charge in [-0.15, -0.1) is 11.8 Å². The summed E-state index contributed by atoms with van der Waals surface area (Å²) in [4.78, 5) is 38.1. The van der Waals surface area contributed by atoms with Gasteiger partial charge < -0.3 is 15.0 Å². The Hall–Kier alpha value is -2.80. The molecule has 6 nitrogen and oxygen atoms in total. The van der Waals surface area contributed by atoms with Gasteiger partial charge in [0, 0.05) is 31.1 Å². The van der Waals surface area contributed by atoms with Crippen molar-refractivity contribution < 1.29 is 19.1 Å². The Morgan fingerprint density at radius 3 is 2.44 bits per heavy atom. The van der Waals surface area contributed by atoms with Gasteiger partial charge in [-0.05, 0) is 42.2 Å². The van der Waals surface area contributed by atoms with E-state index in [2.05, 4.69) is 5.32 Å². The number of rotatable bonds is 7. The number of hydrogen-bond acceptors (Lipinski definition) is 5. The molecule has 2 amide bonds. The number of carbonyl (C=O) groups excluding carboxylic acids is 3. The minimum atomic E-state index is -0.617. The van der Waals surface area contributed by atoms with E-state index in [9.17, 15) is 14.4 Å². The van der Waals surface area contributed by atoms with Crippen molar-refractivity contribution in [3.63, 3.8) is 0 Å². The summed E-state index contributed by atoms with van der Waals surface area (Å²) < 4.78 is 5.10. The van der Waals surface area contributed by atoms with E-state index < -0.39 is 5.97 Å². The highest BCUT2D eigenvalue weighted by Crippen LogP contribution is 2.16. The molecule has 0 saturated carbocycles. The summed E-state index contributed by atoms with van der Waals surface area (Å²) in [5.41, 5.74) is 1.76. The van der Waals surface area contributed by atoms with Crippen molar-refractivity contribution in [2.24, 2.45) is 0 Å². The smallest absolute Gasteiger partial charge is 0.338 e. The van der Waals surface area contributed by atoms with Crippen LogP contribution in [0.4, 0.5) is 5.69 Å². The topological polar surface area (TPSA) is 75.7 Å². The van der Waals surface area contributed by atoms with Crippen molar-refractivity contribution in [1.29, 1.82) is 0 Å². The van der Waals surface area contributed by atoms with E-state index >= 15 is 0 Å². The molecule has 2 aromatic rings. The molecule has 0 heterocycles. The lowest BCUT2D eigenvalue weighted by Crippen LogP contribution is -2.30. The summed E-state index contributed by atoms with van der Waals surface area (Å²) >= 11 is 1.65. The maximum atomic E-state index is 12.2. The van der Waals surface area contributed by atoms with Crippen LogP contribution in [0.3, 0.4) is 0 Å². The molecule has 0 aliphatic rings. The van der Waals surface area contributed by atoms with Crippen molar-refractivity contribution >= 4 is 35.2 Å². The van der Waals surface area contributed by atoms with Gasteiger partial charge in [0.15, 0.2) is 6.61 Å². The Morgan fingerprint density at radius 1 is 1.11 bits per heavy atom. The highest BCUT2D eigenvalue weighted by molar-refractivity contribution is 7.98. The number of nitrogens with zero attached hydrogens (tertiary/aromatic N) is 1. The van der Waals surface area contributed by atoms with Crippen LogP contribution in [0, 0.1) is 0 Å².